The standard InChI is InChI=1S/C16H25NO4/c1-11(17-9-14(20-3)15(10-17)21-4)16(18)12-5-7-13(19-2)8-6-12/h5-8,11,14-16,18H,9-10H2,1-4H3. The lowest BCUT2D eigenvalue weighted by Crippen LogP contribution is -2.36. The number of ether oxygens (including phenoxy) is 3. The monoisotopic (exact) mass is 295 g/mol. The van der Waals surface area contributed by atoms with Crippen molar-refractivity contribution < 1.29 is 19.3 Å². The van der Waals surface area contributed by atoms with Crippen LogP contribution in [0.2, 0.25) is 0 Å². The molecule has 0 bridgehead atoms. The average molecular weight is 295 g/mol. The molecule has 1 N–H and O–H groups in total. The van der Waals surface area contributed by atoms with Crippen molar-refractivity contribution in [1.29, 1.82) is 0 Å². The Morgan fingerprint density at radius 1 is 1.05 bits per heavy atom. The Kier molecular flexibility index (Phi) is 5.58. The third-order valence-electron chi connectivity index (χ3n) is 4.34. The highest BCUT2D eigenvalue weighted by atomic mass is 16.5. The quantitative estimate of drug-likeness (QED) is 0.861. The number of hydrogen-bond donors (Lipinski definition) is 1. The van der Waals surface area contributed by atoms with E-state index in [1.165, 1.54) is 0 Å². The van der Waals surface area contributed by atoms with Gasteiger partial charge < -0.3 is 19.3 Å². The fraction of sp³-hybridized carbons (Fsp3) is 0.625. The van der Waals surface area contributed by atoms with Crippen molar-refractivity contribution >= 4 is 0 Å². The van der Waals surface area contributed by atoms with Gasteiger partial charge in [-0.15, -0.1) is 0 Å². The van der Waals surface area contributed by atoms with Crippen molar-refractivity contribution in [3.8, 4) is 5.75 Å². The molecule has 1 aromatic carbocycles. The van der Waals surface area contributed by atoms with Gasteiger partial charge in [-0.05, 0) is 24.6 Å². The smallest absolute Gasteiger partial charge is 0.118 e. The molecule has 1 saturated heterocycles. The Morgan fingerprint density at radius 2 is 1.57 bits per heavy atom. The third-order valence-corrected chi connectivity index (χ3v) is 4.34. The van der Waals surface area contributed by atoms with Gasteiger partial charge in [0.2, 0.25) is 0 Å². The second-order valence-electron chi connectivity index (χ2n) is 5.46. The predicted molar refractivity (Wildman–Crippen MR) is 80.6 cm³/mol. The molecule has 0 spiro atoms. The Balaban J connectivity index is 2.03. The molecule has 0 radical (unpaired) electrons. The molecular formula is C16H25NO4. The number of rotatable bonds is 6. The van der Waals surface area contributed by atoms with Crippen LogP contribution in [0.5, 0.6) is 5.75 Å². The van der Waals surface area contributed by atoms with Gasteiger partial charge in [0.25, 0.3) is 0 Å². The first-order valence-electron chi connectivity index (χ1n) is 7.22. The van der Waals surface area contributed by atoms with Gasteiger partial charge in [-0.2, -0.15) is 0 Å². The molecule has 21 heavy (non-hydrogen) atoms. The van der Waals surface area contributed by atoms with Crippen LogP contribution in [0.15, 0.2) is 24.3 Å². The van der Waals surface area contributed by atoms with Gasteiger partial charge in [0.15, 0.2) is 0 Å². The zero-order chi connectivity index (χ0) is 15.4. The third kappa shape index (κ3) is 3.55. The number of methoxy groups -OCH3 is 3. The molecule has 2 rings (SSSR count). The zero-order valence-corrected chi connectivity index (χ0v) is 13.2. The number of benzene rings is 1. The first kappa shape index (κ1) is 16.2. The molecular weight excluding hydrogens is 270 g/mol. The van der Waals surface area contributed by atoms with Gasteiger partial charge in [0, 0.05) is 33.4 Å². The van der Waals surface area contributed by atoms with Gasteiger partial charge in [0.05, 0.1) is 25.4 Å². The second-order valence-corrected chi connectivity index (χ2v) is 5.46. The van der Waals surface area contributed by atoms with Crippen molar-refractivity contribution in [2.75, 3.05) is 34.4 Å². The van der Waals surface area contributed by atoms with Gasteiger partial charge in [-0.1, -0.05) is 12.1 Å². The maximum atomic E-state index is 10.6. The van der Waals surface area contributed by atoms with Gasteiger partial charge in [0.1, 0.15) is 5.75 Å². The van der Waals surface area contributed by atoms with Crippen LogP contribution in [0.25, 0.3) is 0 Å². The van der Waals surface area contributed by atoms with Crippen molar-refractivity contribution in [3.05, 3.63) is 29.8 Å². The normalized spacial score (nSPS) is 25.8. The molecule has 1 fully saturated rings. The maximum absolute atomic E-state index is 10.6. The van der Waals surface area contributed by atoms with E-state index in [1.54, 1.807) is 21.3 Å². The lowest BCUT2D eigenvalue weighted by Gasteiger charge is -2.28. The van der Waals surface area contributed by atoms with Crippen LogP contribution in [0.1, 0.15) is 18.6 Å². The first-order valence-corrected chi connectivity index (χ1v) is 7.22. The molecule has 0 aromatic heterocycles. The van der Waals surface area contributed by atoms with Crippen LogP contribution in [-0.4, -0.2) is 62.7 Å². The SMILES string of the molecule is COc1ccc(C(O)C(C)N2CC(OC)C(OC)C2)cc1. The number of hydrogen-bond acceptors (Lipinski definition) is 5. The summed E-state index contributed by atoms with van der Waals surface area (Å²) in [4.78, 5) is 2.21. The van der Waals surface area contributed by atoms with Gasteiger partial charge >= 0.3 is 0 Å². The van der Waals surface area contributed by atoms with Crippen LogP contribution in [0.3, 0.4) is 0 Å². The molecule has 0 aliphatic carbocycles. The fourth-order valence-corrected chi connectivity index (χ4v) is 2.84. The van der Waals surface area contributed by atoms with E-state index in [9.17, 15) is 5.11 Å². The van der Waals surface area contributed by atoms with E-state index in [-0.39, 0.29) is 18.2 Å². The lowest BCUT2D eigenvalue weighted by atomic mass is 10.0. The number of aliphatic hydroxyl groups is 1. The molecule has 0 saturated carbocycles. The predicted octanol–water partition coefficient (Wildman–Crippen LogP) is 1.46. The minimum Gasteiger partial charge on any atom is -0.497 e. The van der Waals surface area contributed by atoms with Crippen molar-refractivity contribution in [3.63, 3.8) is 0 Å². The first-order chi connectivity index (χ1) is 10.1. The number of aliphatic hydroxyl groups excluding tert-OH is 1. The van der Waals surface area contributed by atoms with E-state index in [0.717, 1.165) is 24.4 Å². The van der Waals surface area contributed by atoms with E-state index < -0.39 is 6.10 Å². The Bertz CT molecular complexity index is 424. The van der Waals surface area contributed by atoms with Gasteiger partial charge in [-0.25, -0.2) is 0 Å². The molecule has 0 amide bonds. The highest BCUT2D eigenvalue weighted by Gasteiger charge is 2.37. The summed E-state index contributed by atoms with van der Waals surface area (Å²) < 4.78 is 16.0. The van der Waals surface area contributed by atoms with E-state index in [0.29, 0.717) is 0 Å². The largest absolute Gasteiger partial charge is 0.497 e. The van der Waals surface area contributed by atoms with E-state index in [2.05, 4.69) is 4.90 Å². The fourth-order valence-electron chi connectivity index (χ4n) is 2.84. The lowest BCUT2D eigenvalue weighted by molar-refractivity contribution is -0.00461. The number of likely N-dealkylation sites (tertiary alicyclic amines) is 1. The summed E-state index contributed by atoms with van der Waals surface area (Å²) in [7, 11) is 5.03. The van der Waals surface area contributed by atoms with Crippen LogP contribution >= 0.6 is 0 Å². The Labute approximate surface area is 126 Å². The summed E-state index contributed by atoms with van der Waals surface area (Å²) in [6, 6.07) is 7.53. The minimum atomic E-state index is -0.552. The molecule has 4 atom stereocenters. The van der Waals surface area contributed by atoms with Crippen LogP contribution in [0.4, 0.5) is 0 Å². The summed E-state index contributed by atoms with van der Waals surface area (Å²) in [5.41, 5.74) is 0.887. The van der Waals surface area contributed by atoms with E-state index >= 15 is 0 Å². The molecule has 4 unspecified atom stereocenters. The van der Waals surface area contributed by atoms with Crippen molar-refractivity contribution in [2.24, 2.45) is 0 Å². The topological polar surface area (TPSA) is 51.2 Å². The number of nitrogens with zero attached hydrogens (tertiary/aromatic N) is 1. The molecule has 118 valence electrons. The van der Waals surface area contributed by atoms with Crippen molar-refractivity contribution in [1.82, 2.24) is 4.90 Å². The van der Waals surface area contributed by atoms with Crippen LogP contribution in [-0.2, 0) is 9.47 Å². The summed E-state index contributed by atoms with van der Waals surface area (Å²) in [5.74, 6) is 0.790. The summed E-state index contributed by atoms with van der Waals surface area (Å²) in [6.45, 7) is 3.56. The van der Waals surface area contributed by atoms with E-state index in [1.807, 2.05) is 31.2 Å². The second kappa shape index (κ2) is 7.22. The molecule has 1 aliphatic heterocycles. The van der Waals surface area contributed by atoms with Crippen molar-refractivity contribution in [2.45, 2.75) is 31.3 Å². The molecule has 1 aromatic rings. The van der Waals surface area contributed by atoms with E-state index in [4.69, 9.17) is 14.2 Å². The van der Waals surface area contributed by atoms with Crippen LogP contribution in [0, 0.1) is 0 Å². The molecule has 5 nitrogen and oxygen atoms in total. The van der Waals surface area contributed by atoms with Gasteiger partial charge in [-0.3, -0.25) is 4.90 Å². The minimum absolute atomic E-state index is 0.00352. The Hall–Kier alpha value is -1.14. The zero-order valence-electron chi connectivity index (χ0n) is 13.2. The summed E-state index contributed by atoms with van der Waals surface area (Å²) in [5, 5.41) is 10.6. The molecule has 1 aliphatic rings. The maximum Gasteiger partial charge on any atom is 0.118 e. The van der Waals surface area contributed by atoms with Crippen LogP contribution < -0.4 is 4.74 Å². The highest BCUT2D eigenvalue weighted by Crippen LogP contribution is 2.27. The Morgan fingerprint density at radius 3 is 2.00 bits per heavy atom. The molecule has 5 heteroatoms. The molecule has 1 heterocycles. The summed E-state index contributed by atoms with van der Waals surface area (Å²) in [6.07, 6.45) is -0.440. The highest BCUT2D eigenvalue weighted by molar-refractivity contribution is 5.29. The average Bonchev–Trinajstić information content (AvgIpc) is 2.96. The summed E-state index contributed by atoms with van der Waals surface area (Å²) >= 11 is 0.